The van der Waals surface area contributed by atoms with E-state index in [2.05, 4.69) is 10.4 Å². The number of rotatable bonds is 2. The van der Waals surface area contributed by atoms with Crippen molar-refractivity contribution in [3.8, 4) is 0 Å². The Morgan fingerprint density at radius 1 is 1.26 bits per heavy atom. The molecule has 1 atom stereocenters. The summed E-state index contributed by atoms with van der Waals surface area (Å²) in [5.41, 5.74) is 1.92. The van der Waals surface area contributed by atoms with Crippen LogP contribution in [-0.4, -0.2) is 19.9 Å². The first kappa shape index (κ1) is 16.2. The van der Waals surface area contributed by atoms with Gasteiger partial charge < -0.3 is 5.32 Å². The van der Waals surface area contributed by atoms with E-state index in [0.29, 0.717) is 27.9 Å². The molecule has 3 rings (SSSR count). The lowest BCUT2D eigenvalue weighted by Gasteiger charge is -2.23. The highest BCUT2D eigenvalue weighted by molar-refractivity contribution is 7.83. The van der Waals surface area contributed by atoms with Crippen LogP contribution >= 0.6 is 11.6 Å². The van der Waals surface area contributed by atoms with Crippen LogP contribution in [0, 0.1) is 0 Å². The molecule has 1 aromatic carbocycles. The Labute approximate surface area is 142 Å². The van der Waals surface area contributed by atoms with Gasteiger partial charge in [-0.1, -0.05) is 11.6 Å². The summed E-state index contributed by atoms with van der Waals surface area (Å²) in [6.45, 7) is 6.05. The van der Waals surface area contributed by atoms with Crippen LogP contribution in [0.25, 0.3) is 0 Å². The molecule has 122 valence electrons. The number of carbonyl (C=O) groups excluding carboxylic acids is 1. The smallest absolute Gasteiger partial charge is 0.256 e. The number of carbonyl (C=O) groups is 1. The summed E-state index contributed by atoms with van der Waals surface area (Å²) >= 11 is 5.86. The molecule has 23 heavy (non-hydrogen) atoms. The van der Waals surface area contributed by atoms with Crippen LogP contribution in [0.2, 0.25) is 5.02 Å². The molecular formula is C16H18ClN3O2S. The fraction of sp³-hybridized carbons (Fsp3) is 0.375. The van der Waals surface area contributed by atoms with E-state index in [0.717, 1.165) is 11.3 Å². The van der Waals surface area contributed by atoms with E-state index < -0.39 is 10.8 Å². The molecule has 7 heteroatoms. The quantitative estimate of drug-likeness (QED) is 0.902. The molecule has 1 unspecified atom stereocenters. The highest BCUT2D eigenvalue weighted by atomic mass is 35.5. The van der Waals surface area contributed by atoms with Gasteiger partial charge in [0.15, 0.2) is 0 Å². The van der Waals surface area contributed by atoms with Crippen LogP contribution in [-0.2, 0) is 27.8 Å². The third kappa shape index (κ3) is 3.19. The van der Waals surface area contributed by atoms with Crippen molar-refractivity contribution in [3.63, 3.8) is 0 Å². The minimum absolute atomic E-state index is 0.229. The summed E-state index contributed by atoms with van der Waals surface area (Å²) in [4.78, 5) is 12.5. The van der Waals surface area contributed by atoms with E-state index >= 15 is 0 Å². The average Bonchev–Trinajstić information content (AvgIpc) is 2.97. The van der Waals surface area contributed by atoms with Crippen LogP contribution in [0.1, 0.15) is 42.4 Å². The zero-order valence-electron chi connectivity index (χ0n) is 13.2. The van der Waals surface area contributed by atoms with Gasteiger partial charge in [0.25, 0.3) is 5.91 Å². The summed E-state index contributed by atoms with van der Waals surface area (Å²) in [6, 6.07) is 6.70. The summed E-state index contributed by atoms with van der Waals surface area (Å²) in [5, 5.41) is 8.08. The van der Waals surface area contributed by atoms with Gasteiger partial charge >= 0.3 is 0 Å². The molecule has 2 heterocycles. The molecule has 0 spiro atoms. The zero-order chi connectivity index (χ0) is 16.8. The Bertz CT molecular complexity index is 791. The van der Waals surface area contributed by atoms with Crippen LogP contribution in [0.5, 0.6) is 0 Å². The number of anilines is 1. The van der Waals surface area contributed by atoms with Gasteiger partial charge in [-0.05, 0) is 45.0 Å². The average molecular weight is 352 g/mol. The van der Waals surface area contributed by atoms with Gasteiger partial charge in [0.2, 0.25) is 0 Å². The predicted octanol–water partition coefficient (Wildman–Crippen LogP) is 3.31. The summed E-state index contributed by atoms with van der Waals surface area (Å²) in [7, 11) is -0.941. The summed E-state index contributed by atoms with van der Waals surface area (Å²) < 4.78 is 13.6. The molecule has 1 aromatic heterocycles. The molecule has 0 saturated heterocycles. The number of nitrogens with one attached hydrogen (secondary N) is 1. The molecule has 0 saturated carbocycles. The zero-order valence-corrected chi connectivity index (χ0v) is 14.8. The monoisotopic (exact) mass is 351 g/mol. The molecule has 0 fully saturated rings. The number of hydrogen-bond acceptors (Lipinski definition) is 3. The minimum atomic E-state index is -0.941. The maximum absolute atomic E-state index is 12.5. The molecule has 1 amide bonds. The Morgan fingerprint density at radius 2 is 1.91 bits per heavy atom. The first-order valence-corrected chi connectivity index (χ1v) is 9.15. The van der Waals surface area contributed by atoms with Crippen LogP contribution < -0.4 is 5.32 Å². The van der Waals surface area contributed by atoms with Gasteiger partial charge in [-0.2, -0.15) is 5.10 Å². The standard InChI is InChI=1S/C16H18ClN3O2S/c1-16(2,3)20-14(12-8-23(22)9-13(12)19-20)18-15(21)10-4-6-11(17)7-5-10/h4-7H,8-9H2,1-3H3,(H,18,21). The Balaban J connectivity index is 1.97. The van der Waals surface area contributed by atoms with Crippen molar-refractivity contribution in [2.75, 3.05) is 5.32 Å². The Hall–Kier alpha value is -1.66. The molecule has 0 radical (unpaired) electrons. The number of nitrogens with zero attached hydrogens (tertiary/aromatic N) is 2. The molecule has 0 bridgehead atoms. The number of halogens is 1. The normalized spacial score (nSPS) is 17.1. The molecule has 1 N–H and O–H groups in total. The summed E-state index contributed by atoms with van der Waals surface area (Å²) in [6.07, 6.45) is 0. The molecular weight excluding hydrogens is 334 g/mol. The van der Waals surface area contributed by atoms with Crippen molar-refractivity contribution in [1.82, 2.24) is 9.78 Å². The van der Waals surface area contributed by atoms with E-state index in [-0.39, 0.29) is 11.4 Å². The lowest BCUT2D eigenvalue weighted by Crippen LogP contribution is -2.27. The van der Waals surface area contributed by atoms with Crippen molar-refractivity contribution < 1.29 is 9.00 Å². The van der Waals surface area contributed by atoms with Gasteiger partial charge in [-0.3, -0.25) is 9.00 Å². The summed E-state index contributed by atoms with van der Waals surface area (Å²) in [5.74, 6) is 1.29. The van der Waals surface area contributed by atoms with E-state index in [1.165, 1.54) is 0 Å². The minimum Gasteiger partial charge on any atom is -0.306 e. The number of aromatic nitrogens is 2. The van der Waals surface area contributed by atoms with Gasteiger partial charge in [0, 0.05) is 26.9 Å². The van der Waals surface area contributed by atoms with E-state index in [1.54, 1.807) is 24.3 Å². The predicted molar refractivity (Wildman–Crippen MR) is 92.2 cm³/mol. The second-order valence-electron chi connectivity index (χ2n) is 6.55. The fourth-order valence-corrected chi connectivity index (χ4v) is 3.91. The van der Waals surface area contributed by atoms with Gasteiger partial charge in [0.1, 0.15) is 5.82 Å². The van der Waals surface area contributed by atoms with Gasteiger partial charge in [-0.15, -0.1) is 0 Å². The SMILES string of the molecule is CC(C)(C)n1nc2c(c1NC(=O)c1ccc(Cl)cc1)CS(=O)C2. The third-order valence-electron chi connectivity index (χ3n) is 3.64. The van der Waals surface area contributed by atoms with Crippen LogP contribution in [0.15, 0.2) is 24.3 Å². The largest absolute Gasteiger partial charge is 0.306 e. The number of amides is 1. The molecule has 1 aliphatic heterocycles. The lowest BCUT2D eigenvalue weighted by atomic mass is 10.1. The first-order valence-electron chi connectivity index (χ1n) is 7.29. The number of benzene rings is 1. The van der Waals surface area contributed by atoms with Crippen molar-refractivity contribution in [1.29, 1.82) is 0 Å². The highest BCUT2D eigenvalue weighted by Gasteiger charge is 2.31. The van der Waals surface area contributed by atoms with Crippen LogP contribution in [0.3, 0.4) is 0 Å². The molecule has 1 aliphatic rings. The van der Waals surface area contributed by atoms with E-state index in [9.17, 15) is 9.00 Å². The Kier molecular flexibility index (Phi) is 4.06. The van der Waals surface area contributed by atoms with Crippen molar-refractivity contribution in [2.24, 2.45) is 0 Å². The first-order chi connectivity index (χ1) is 10.8. The van der Waals surface area contributed by atoms with Crippen molar-refractivity contribution >= 4 is 34.1 Å². The second kappa shape index (κ2) is 5.76. The molecule has 2 aromatic rings. The highest BCUT2D eigenvalue weighted by Crippen LogP contribution is 2.33. The lowest BCUT2D eigenvalue weighted by molar-refractivity contribution is 0.102. The molecule has 0 aliphatic carbocycles. The maximum Gasteiger partial charge on any atom is 0.256 e. The second-order valence-corrected chi connectivity index (χ2v) is 8.44. The fourth-order valence-electron chi connectivity index (χ4n) is 2.52. The van der Waals surface area contributed by atoms with Crippen LogP contribution in [0.4, 0.5) is 5.82 Å². The topological polar surface area (TPSA) is 64.0 Å². The number of hydrogen-bond donors (Lipinski definition) is 1. The van der Waals surface area contributed by atoms with E-state index in [1.807, 2.05) is 25.5 Å². The molecule has 5 nitrogen and oxygen atoms in total. The van der Waals surface area contributed by atoms with E-state index in [4.69, 9.17) is 11.6 Å². The van der Waals surface area contributed by atoms with Gasteiger partial charge in [-0.25, -0.2) is 4.68 Å². The van der Waals surface area contributed by atoms with Gasteiger partial charge in [0.05, 0.1) is 22.7 Å². The maximum atomic E-state index is 12.5. The number of fused-ring (bicyclic) bond motifs is 1. The van der Waals surface area contributed by atoms with Crippen molar-refractivity contribution in [2.45, 2.75) is 37.8 Å². The van der Waals surface area contributed by atoms with Crippen molar-refractivity contribution in [3.05, 3.63) is 46.1 Å². The Morgan fingerprint density at radius 3 is 2.52 bits per heavy atom. The third-order valence-corrected chi connectivity index (χ3v) is 5.10.